The molecule has 0 bridgehead atoms. The van der Waals surface area contributed by atoms with Crippen molar-refractivity contribution in [1.82, 2.24) is 10.2 Å². The molecule has 0 aromatic rings. The molecule has 1 N–H and O–H groups in total. The number of nitrogens with one attached hydrogen (secondary N) is 1. The number of hydrogen-bond acceptors (Lipinski definition) is 3. The summed E-state index contributed by atoms with van der Waals surface area (Å²) < 4.78 is 5.25. The highest BCUT2D eigenvalue weighted by atomic mass is 16.5. The summed E-state index contributed by atoms with van der Waals surface area (Å²) in [5, 5.41) is 2.73. The van der Waals surface area contributed by atoms with Crippen LogP contribution >= 0.6 is 0 Å². The van der Waals surface area contributed by atoms with Gasteiger partial charge in [0.25, 0.3) is 0 Å². The van der Waals surface area contributed by atoms with Gasteiger partial charge in [-0.25, -0.2) is 0 Å². The predicted molar refractivity (Wildman–Crippen MR) is 71.6 cm³/mol. The molecule has 19 heavy (non-hydrogen) atoms. The van der Waals surface area contributed by atoms with Gasteiger partial charge in [-0.15, -0.1) is 0 Å². The topological polar surface area (TPSA) is 58.6 Å². The monoisotopic (exact) mass is 268 g/mol. The molecule has 5 nitrogen and oxygen atoms in total. The first-order valence-electron chi connectivity index (χ1n) is 7.23. The number of amides is 2. The maximum absolute atomic E-state index is 12.2. The Morgan fingerprint density at radius 1 is 1.32 bits per heavy atom. The van der Waals surface area contributed by atoms with Gasteiger partial charge in [-0.2, -0.15) is 0 Å². The maximum Gasteiger partial charge on any atom is 0.243 e. The molecule has 1 aliphatic carbocycles. The van der Waals surface area contributed by atoms with E-state index in [1.165, 1.54) is 6.42 Å². The summed E-state index contributed by atoms with van der Waals surface area (Å²) in [6, 6.07) is -0.292. The number of rotatable bonds is 4. The smallest absolute Gasteiger partial charge is 0.243 e. The Morgan fingerprint density at radius 2 is 2.00 bits per heavy atom. The van der Waals surface area contributed by atoms with E-state index in [1.807, 2.05) is 6.92 Å². The third-order valence-electron chi connectivity index (χ3n) is 4.29. The molecule has 1 saturated carbocycles. The zero-order valence-corrected chi connectivity index (χ0v) is 11.9. The van der Waals surface area contributed by atoms with Crippen molar-refractivity contribution >= 4 is 11.8 Å². The number of hydrogen-bond donors (Lipinski definition) is 1. The molecule has 1 saturated heterocycles. The van der Waals surface area contributed by atoms with Gasteiger partial charge in [0.05, 0.1) is 12.6 Å². The molecule has 0 aromatic heterocycles. The SMILES string of the molecule is COC(C)CN1C(=O)CNC(=O)C1C1CCCCC1. The standard InChI is InChI=1S/C14H24N2O3/c1-10(19-2)9-16-12(17)8-15-14(18)13(16)11-6-4-3-5-7-11/h10-11,13H,3-9H2,1-2H3,(H,15,18). The first-order valence-corrected chi connectivity index (χ1v) is 7.23. The third kappa shape index (κ3) is 3.26. The van der Waals surface area contributed by atoms with Gasteiger partial charge in [-0.3, -0.25) is 9.59 Å². The van der Waals surface area contributed by atoms with Gasteiger partial charge in [0.15, 0.2) is 0 Å². The van der Waals surface area contributed by atoms with Gasteiger partial charge >= 0.3 is 0 Å². The van der Waals surface area contributed by atoms with Crippen LogP contribution in [0, 0.1) is 5.92 Å². The molecule has 2 rings (SSSR count). The number of carbonyl (C=O) groups is 2. The molecule has 108 valence electrons. The Hall–Kier alpha value is -1.10. The zero-order valence-electron chi connectivity index (χ0n) is 11.9. The molecular weight excluding hydrogens is 244 g/mol. The van der Waals surface area contributed by atoms with Gasteiger partial charge in [-0.05, 0) is 25.7 Å². The van der Waals surface area contributed by atoms with Crippen LogP contribution in [0.5, 0.6) is 0 Å². The lowest BCUT2D eigenvalue weighted by Crippen LogP contribution is -2.62. The zero-order chi connectivity index (χ0) is 13.8. The van der Waals surface area contributed by atoms with Crippen molar-refractivity contribution in [2.24, 2.45) is 5.92 Å². The van der Waals surface area contributed by atoms with E-state index in [-0.39, 0.29) is 30.5 Å². The van der Waals surface area contributed by atoms with Crippen LogP contribution in [-0.4, -0.2) is 49.1 Å². The van der Waals surface area contributed by atoms with E-state index >= 15 is 0 Å². The van der Waals surface area contributed by atoms with E-state index in [0.29, 0.717) is 12.5 Å². The quantitative estimate of drug-likeness (QED) is 0.825. The summed E-state index contributed by atoms with van der Waals surface area (Å²) in [6.45, 7) is 2.56. The summed E-state index contributed by atoms with van der Waals surface area (Å²) in [5.74, 6) is 0.330. The van der Waals surface area contributed by atoms with Gasteiger partial charge in [0.1, 0.15) is 6.04 Å². The van der Waals surface area contributed by atoms with Crippen molar-refractivity contribution in [3.05, 3.63) is 0 Å². The van der Waals surface area contributed by atoms with E-state index in [1.54, 1.807) is 12.0 Å². The third-order valence-corrected chi connectivity index (χ3v) is 4.29. The molecule has 1 heterocycles. The highest BCUT2D eigenvalue weighted by Crippen LogP contribution is 2.30. The van der Waals surface area contributed by atoms with Crippen LogP contribution in [0.2, 0.25) is 0 Å². The van der Waals surface area contributed by atoms with Gasteiger partial charge < -0.3 is 15.0 Å². The summed E-state index contributed by atoms with van der Waals surface area (Å²) in [5.41, 5.74) is 0. The molecule has 2 aliphatic rings. The summed E-state index contributed by atoms with van der Waals surface area (Å²) in [6.07, 6.45) is 5.62. The van der Waals surface area contributed by atoms with Gasteiger partial charge in [0, 0.05) is 13.7 Å². The Bertz CT molecular complexity index is 340. The average molecular weight is 268 g/mol. The molecule has 2 atom stereocenters. The minimum absolute atomic E-state index is 0.00908. The highest BCUT2D eigenvalue weighted by molar-refractivity contribution is 5.95. The van der Waals surface area contributed by atoms with Crippen molar-refractivity contribution in [3.8, 4) is 0 Å². The van der Waals surface area contributed by atoms with Crippen LogP contribution in [0.15, 0.2) is 0 Å². The lowest BCUT2D eigenvalue weighted by atomic mass is 9.82. The summed E-state index contributed by atoms with van der Waals surface area (Å²) in [4.78, 5) is 26.0. The van der Waals surface area contributed by atoms with Crippen molar-refractivity contribution in [1.29, 1.82) is 0 Å². The van der Waals surface area contributed by atoms with Crippen LogP contribution in [0.3, 0.4) is 0 Å². The Labute approximate surface area is 114 Å². The summed E-state index contributed by atoms with van der Waals surface area (Å²) in [7, 11) is 1.63. The van der Waals surface area contributed by atoms with Crippen LogP contribution in [0.4, 0.5) is 0 Å². The van der Waals surface area contributed by atoms with Crippen molar-refractivity contribution in [2.75, 3.05) is 20.2 Å². The molecule has 0 aromatic carbocycles. The van der Waals surface area contributed by atoms with Crippen molar-refractivity contribution in [2.45, 2.75) is 51.2 Å². The summed E-state index contributed by atoms with van der Waals surface area (Å²) >= 11 is 0. The average Bonchev–Trinajstić information content (AvgIpc) is 2.44. The van der Waals surface area contributed by atoms with Crippen LogP contribution < -0.4 is 5.32 Å². The fourth-order valence-electron chi connectivity index (χ4n) is 3.15. The number of ether oxygens (including phenoxy) is 1. The van der Waals surface area contributed by atoms with E-state index in [2.05, 4.69) is 5.32 Å². The number of methoxy groups -OCH3 is 1. The molecule has 5 heteroatoms. The Kier molecular flexibility index (Phi) is 4.80. The van der Waals surface area contributed by atoms with E-state index in [0.717, 1.165) is 25.7 Å². The second-order valence-electron chi connectivity index (χ2n) is 5.65. The van der Waals surface area contributed by atoms with Crippen molar-refractivity contribution in [3.63, 3.8) is 0 Å². The second-order valence-corrected chi connectivity index (χ2v) is 5.65. The fraction of sp³-hybridized carbons (Fsp3) is 0.857. The Balaban J connectivity index is 2.12. The molecule has 2 unspecified atom stereocenters. The van der Waals surface area contributed by atoms with Crippen LogP contribution in [0.1, 0.15) is 39.0 Å². The number of nitrogens with zero attached hydrogens (tertiary/aromatic N) is 1. The van der Waals surface area contributed by atoms with Gasteiger partial charge in [-0.1, -0.05) is 19.3 Å². The lowest BCUT2D eigenvalue weighted by molar-refractivity contribution is -0.150. The normalized spacial score (nSPS) is 27.3. The molecule has 0 spiro atoms. The second kappa shape index (κ2) is 6.37. The van der Waals surface area contributed by atoms with Gasteiger partial charge in [0.2, 0.25) is 11.8 Å². The highest BCUT2D eigenvalue weighted by Gasteiger charge is 2.40. The Morgan fingerprint density at radius 3 is 2.63 bits per heavy atom. The van der Waals surface area contributed by atoms with E-state index in [9.17, 15) is 9.59 Å². The number of piperazine rings is 1. The van der Waals surface area contributed by atoms with Crippen LogP contribution in [-0.2, 0) is 14.3 Å². The molecule has 2 fully saturated rings. The van der Waals surface area contributed by atoms with Crippen LogP contribution in [0.25, 0.3) is 0 Å². The molecule has 2 amide bonds. The maximum atomic E-state index is 12.2. The largest absolute Gasteiger partial charge is 0.380 e. The molecule has 1 aliphatic heterocycles. The van der Waals surface area contributed by atoms with E-state index in [4.69, 9.17) is 4.74 Å². The predicted octanol–water partition coefficient (Wildman–Crippen LogP) is 0.929. The number of carbonyl (C=O) groups excluding carboxylic acids is 2. The first kappa shape index (κ1) is 14.3. The minimum atomic E-state index is -0.292. The molecule has 0 radical (unpaired) electrons. The lowest BCUT2D eigenvalue weighted by Gasteiger charge is -2.41. The van der Waals surface area contributed by atoms with E-state index < -0.39 is 0 Å². The molecular formula is C14H24N2O3. The fourth-order valence-corrected chi connectivity index (χ4v) is 3.15. The minimum Gasteiger partial charge on any atom is -0.380 e. The van der Waals surface area contributed by atoms with Crippen molar-refractivity contribution < 1.29 is 14.3 Å². The first-order chi connectivity index (χ1) is 9.13.